The van der Waals surface area contributed by atoms with Gasteiger partial charge in [0, 0.05) is 24.2 Å². The van der Waals surface area contributed by atoms with Crippen molar-refractivity contribution in [1.82, 2.24) is 10.1 Å². The van der Waals surface area contributed by atoms with Crippen LogP contribution in [0, 0.1) is 5.82 Å². The third kappa shape index (κ3) is 3.45. The van der Waals surface area contributed by atoms with E-state index in [9.17, 15) is 4.39 Å². The Bertz CT molecular complexity index is 695. The number of rotatable bonds is 5. The van der Waals surface area contributed by atoms with E-state index in [0.29, 0.717) is 24.7 Å². The van der Waals surface area contributed by atoms with E-state index in [4.69, 9.17) is 4.52 Å². The van der Waals surface area contributed by atoms with Crippen LogP contribution in [0.5, 0.6) is 0 Å². The van der Waals surface area contributed by atoms with Crippen molar-refractivity contribution in [2.45, 2.75) is 6.42 Å². The molecule has 0 saturated carbocycles. The smallest absolute Gasteiger partial charge is 0.228 e. The van der Waals surface area contributed by atoms with Crippen LogP contribution in [-0.2, 0) is 6.42 Å². The van der Waals surface area contributed by atoms with Gasteiger partial charge in [-0.2, -0.15) is 4.98 Å². The van der Waals surface area contributed by atoms with Gasteiger partial charge in [0.2, 0.25) is 11.7 Å². The largest absolute Gasteiger partial charge is 0.385 e. The lowest BCUT2D eigenvalue weighted by Gasteiger charge is -2.02. The highest BCUT2D eigenvalue weighted by atomic mass is 19.1. The Hall–Kier alpha value is -2.69. The Morgan fingerprint density at radius 3 is 2.52 bits per heavy atom. The van der Waals surface area contributed by atoms with E-state index in [1.807, 2.05) is 30.3 Å². The molecule has 3 aromatic rings. The van der Waals surface area contributed by atoms with Gasteiger partial charge in [-0.3, -0.25) is 0 Å². The molecule has 106 valence electrons. The zero-order valence-electron chi connectivity index (χ0n) is 11.3. The summed E-state index contributed by atoms with van der Waals surface area (Å²) in [6.07, 6.45) is 0.628. The summed E-state index contributed by atoms with van der Waals surface area (Å²) in [6.45, 7) is 0.703. The second-order valence-electron chi connectivity index (χ2n) is 4.56. The van der Waals surface area contributed by atoms with Crippen LogP contribution >= 0.6 is 0 Å². The standard InChI is InChI=1S/C16H14FN3O/c17-13-8-6-12(7-9-13)16-19-15(21-20-16)10-11-18-14-4-2-1-3-5-14/h1-9,18H,10-11H2. The molecule has 0 saturated heterocycles. The van der Waals surface area contributed by atoms with Gasteiger partial charge in [0.15, 0.2) is 0 Å². The molecule has 0 spiro atoms. The number of hydrogen-bond acceptors (Lipinski definition) is 4. The minimum absolute atomic E-state index is 0.283. The second kappa shape index (κ2) is 6.17. The highest BCUT2D eigenvalue weighted by Gasteiger charge is 2.08. The molecular formula is C16H14FN3O. The van der Waals surface area contributed by atoms with Gasteiger partial charge in [-0.1, -0.05) is 23.4 Å². The van der Waals surface area contributed by atoms with Gasteiger partial charge in [-0.25, -0.2) is 4.39 Å². The highest BCUT2D eigenvalue weighted by Crippen LogP contribution is 2.16. The lowest BCUT2D eigenvalue weighted by Crippen LogP contribution is -2.04. The van der Waals surface area contributed by atoms with E-state index in [1.54, 1.807) is 12.1 Å². The Morgan fingerprint density at radius 1 is 1.00 bits per heavy atom. The average Bonchev–Trinajstić information content (AvgIpc) is 2.98. The van der Waals surface area contributed by atoms with E-state index in [1.165, 1.54) is 12.1 Å². The maximum Gasteiger partial charge on any atom is 0.228 e. The number of benzene rings is 2. The van der Waals surface area contributed by atoms with Crippen molar-refractivity contribution >= 4 is 5.69 Å². The molecule has 0 aliphatic heterocycles. The molecule has 0 amide bonds. The summed E-state index contributed by atoms with van der Waals surface area (Å²) in [6, 6.07) is 15.9. The van der Waals surface area contributed by atoms with Crippen LogP contribution in [0.15, 0.2) is 59.1 Å². The first-order chi connectivity index (χ1) is 10.3. The molecule has 0 bridgehead atoms. The van der Waals surface area contributed by atoms with E-state index in [2.05, 4.69) is 15.5 Å². The van der Waals surface area contributed by atoms with Gasteiger partial charge in [-0.15, -0.1) is 0 Å². The van der Waals surface area contributed by atoms with E-state index in [-0.39, 0.29) is 5.82 Å². The third-order valence-electron chi connectivity index (χ3n) is 3.01. The van der Waals surface area contributed by atoms with E-state index in [0.717, 1.165) is 11.3 Å². The first-order valence-electron chi connectivity index (χ1n) is 6.69. The minimum atomic E-state index is -0.283. The number of nitrogens with zero attached hydrogens (tertiary/aromatic N) is 2. The van der Waals surface area contributed by atoms with Crippen LogP contribution in [0.2, 0.25) is 0 Å². The zero-order valence-corrected chi connectivity index (χ0v) is 11.3. The first-order valence-corrected chi connectivity index (χ1v) is 6.69. The molecule has 1 N–H and O–H groups in total. The molecule has 0 fully saturated rings. The zero-order chi connectivity index (χ0) is 14.5. The summed E-state index contributed by atoms with van der Waals surface area (Å²) in [4.78, 5) is 4.30. The molecule has 0 unspecified atom stereocenters. The topological polar surface area (TPSA) is 51.0 Å². The van der Waals surface area contributed by atoms with Crippen molar-refractivity contribution < 1.29 is 8.91 Å². The predicted molar refractivity (Wildman–Crippen MR) is 78.3 cm³/mol. The van der Waals surface area contributed by atoms with Crippen LogP contribution in [0.4, 0.5) is 10.1 Å². The Kier molecular flexibility index (Phi) is 3.91. The van der Waals surface area contributed by atoms with Crippen LogP contribution in [0.3, 0.4) is 0 Å². The third-order valence-corrected chi connectivity index (χ3v) is 3.01. The fourth-order valence-electron chi connectivity index (χ4n) is 1.94. The summed E-state index contributed by atoms with van der Waals surface area (Å²) >= 11 is 0. The quantitative estimate of drug-likeness (QED) is 0.778. The normalized spacial score (nSPS) is 10.5. The van der Waals surface area contributed by atoms with Crippen molar-refractivity contribution in [1.29, 1.82) is 0 Å². The molecule has 2 aromatic carbocycles. The molecule has 0 aliphatic carbocycles. The summed E-state index contributed by atoms with van der Waals surface area (Å²) in [5.41, 5.74) is 1.79. The van der Waals surface area contributed by atoms with Crippen molar-refractivity contribution in [3.63, 3.8) is 0 Å². The fraction of sp³-hybridized carbons (Fsp3) is 0.125. The van der Waals surface area contributed by atoms with Crippen molar-refractivity contribution in [3.8, 4) is 11.4 Å². The number of anilines is 1. The SMILES string of the molecule is Fc1ccc(-c2noc(CCNc3ccccc3)n2)cc1. The van der Waals surface area contributed by atoms with Crippen molar-refractivity contribution in [2.75, 3.05) is 11.9 Å². The maximum absolute atomic E-state index is 12.9. The van der Waals surface area contributed by atoms with Crippen LogP contribution in [-0.4, -0.2) is 16.7 Å². The van der Waals surface area contributed by atoms with E-state index >= 15 is 0 Å². The molecule has 4 nitrogen and oxygen atoms in total. The lowest BCUT2D eigenvalue weighted by molar-refractivity contribution is 0.381. The number of hydrogen-bond donors (Lipinski definition) is 1. The fourth-order valence-corrected chi connectivity index (χ4v) is 1.94. The molecule has 3 rings (SSSR count). The van der Waals surface area contributed by atoms with Gasteiger partial charge in [0.1, 0.15) is 5.82 Å². The summed E-state index contributed by atoms with van der Waals surface area (Å²) < 4.78 is 18.1. The molecule has 0 radical (unpaired) electrons. The number of halogens is 1. The van der Waals surface area contributed by atoms with Crippen LogP contribution < -0.4 is 5.32 Å². The van der Waals surface area contributed by atoms with E-state index < -0.39 is 0 Å². The predicted octanol–water partition coefficient (Wildman–Crippen LogP) is 3.53. The molecule has 1 aromatic heterocycles. The molecule has 21 heavy (non-hydrogen) atoms. The molecule has 0 aliphatic rings. The minimum Gasteiger partial charge on any atom is -0.385 e. The van der Waals surface area contributed by atoms with Crippen LogP contribution in [0.25, 0.3) is 11.4 Å². The first kappa shape index (κ1) is 13.3. The number of nitrogens with one attached hydrogen (secondary N) is 1. The highest BCUT2D eigenvalue weighted by molar-refractivity contribution is 5.53. The Morgan fingerprint density at radius 2 is 1.76 bits per heavy atom. The van der Waals surface area contributed by atoms with Crippen molar-refractivity contribution in [3.05, 3.63) is 66.3 Å². The van der Waals surface area contributed by atoms with Gasteiger partial charge >= 0.3 is 0 Å². The summed E-state index contributed by atoms with van der Waals surface area (Å²) in [5, 5.41) is 7.18. The maximum atomic E-state index is 12.9. The molecule has 0 atom stereocenters. The lowest BCUT2D eigenvalue weighted by atomic mass is 10.2. The molecular weight excluding hydrogens is 269 g/mol. The van der Waals surface area contributed by atoms with Gasteiger partial charge in [0.25, 0.3) is 0 Å². The summed E-state index contributed by atoms with van der Waals surface area (Å²) in [7, 11) is 0. The van der Waals surface area contributed by atoms with Gasteiger partial charge in [0.05, 0.1) is 0 Å². The number of aromatic nitrogens is 2. The van der Waals surface area contributed by atoms with Gasteiger partial charge < -0.3 is 9.84 Å². The Balaban J connectivity index is 1.59. The second-order valence-corrected chi connectivity index (χ2v) is 4.56. The van der Waals surface area contributed by atoms with Gasteiger partial charge in [-0.05, 0) is 36.4 Å². The Labute approximate surface area is 121 Å². The van der Waals surface area contributed by atoms with Crippen molar-refractivity contribution in [2.24, 2.45) is 0 Å². The molecule has 5 heteroatoms. The monoisotopic (exact) mass is 283 g/mol. The molecule has 1 heterocycles. The van der Waals surface area contributed by atoms with Crippen LogP contribution in [0.1, 0.15) is 5.89 Å². The summed E-state index contributed by atoms with van der Waals surface area (Å²) in [5.74, 6) is 0.747. The average molecular weight is 283 g/mol. The number of para-hydroxylation sites is 1.